The van der Waals surface area contributed by atoms with Crippen LogP contribution in [0.15, 0.2) is 17.3 Å². The molecule has 0 bridgehead atoms. The Bertz CT molecular complexity index is 195. The van der Waals surface area contributed by atoms with E-state index < -0.39 is 0 Å². The highest BCUT2D eigenvalue weighted by atomic mass is 15.1. The van der Waals surface area contributed by atoms with E-state index in [9.17, 15) is 0 Å². The van der Waals surface area contributed by atoms with Gasteiger partial charge in [-0.1, -0.05) is 39.7 Å². The molecule has 0 radical (unpaired) electrons. The summed E-state index contributed by atoms with van der Waals surface area (Å²) in [6.45, 7) is 12.7. The maximum absolute atomic E-state index is 4.32. The van der Waals surface area contributed by atoms with E-state index in [1.807, 2.05) is 33.0 Å². The predicted octanol–water partition coefficient (Wildman–Crippen LogP) is 4.52. The maximum atomic E-state index is 4.32. The van der Waals surface area contributed by atoms with E-state index >= 15 is 0 Å². The summed E-state index contributed by atoms with van der Waals surface area (Å²) in [5, 5.41) is 0. The molecule has 0 aliphatic heterocycles. The molecule has 0 fully saturated rings. The topological polar surface area (TPSA) is 15.6 Å². The SMILES string of the molecule is C/C=C\N=C(C)CCN(C)CCCCC.CC. The van der Waals surface area contributed by atoms with Crippen molar-refractivity contribution in [2.75, 3.05) is 20.1 Å². The van der Waals surface area contributed by atoms with E-state index in [2.05, 4.69) is 30.8 Å². The number of hydrogen-bond acceptors (Lipinski definition) is 2. The molecule has 2 heteroatoms. The van der Waals surface area contributed by atoms with Crippen LogP contribution >= 0.6 is 0 Å². The lowest BCUT2D eigenvalue weighted by Gasteiger charge is -2.15. The fourth-order valence-corrected chi connectivity index (χ4v) is 1.36. The zero-order valence-corrected chi connectivity index (χ0v) is 12.8. The van der Waals surface area contributed by atoms with E-state index in [1.54, 1.807) is 0 Å². The van der Waals surface area contributed by atoms with Crippen molar-refractivity contribution in [3.63, 3.8) is 0 Å². The minimum absolute atomic E-state index is 1.08. The van der Waals surface area contributed by atoms with Crippen molar-refractivity contribution in [2.24, 2.45) is 4.99 Å². The number of allylic oxidation sites excluding steroid dienone is 1. The van der Waals surface area contributed by atoms with Crippen LogP contribution in [0.4, 0.5) is 0 Å². The Balaban J connectivity index is 0. The van der Waals surface area contributed by atoms with Gasteiger partial charge in [-0.2, -0.15) is 0 Å². The monoisotopic (exact) mass is 240 g/mol. The first-order valence-corrected chi connectivity index (χ1v) is 7.03. The van der Waals surface area contributed by atoms with Gasteiger partial charge in [0, 0.05) is 18.5 Å². The molecule has 0 aromatic heterocycles. The van der Waals surface area contributed by atoms with Gasteiger partial charge in [0.25, 0.3) is 0 Å². The van der Waals surface area contributed by atoms with Crippen molar-refractivity contribution in [3.05, 3.63) is 12.3 Å². The molecule has 0 unspecified atom stereocenters. The number of nitrogens with zero attached hydrogens (tertiary/aromatic N) is 2. The van der Waals surface area contributed by atoms with Gasteiger partial charge in [-0.05, 0) is 40.3 Å². The molecule has 0 aliphatic rings. The largest absolute Gasteiger partial charge is 0.306 e. The molecular weight excluding hydrogens is 208 g/mol. The molecule has 0 aliphatic carbocycles. The third-order valence-corrected chi connectivity index (χ3v) is 2.44. The fraction of sp³-hybridized carbons (Fsp3) is 0.800. The lowest BCUT2D eigenvalue weighted by molar-refractivity contribution is 0.334. The van der Waals surface area contributed by atoms with Crippen LogP contribution in [0.25, 0.3) is 0 Å². The Kier molecular flexibility index (Phi) is 16.9. The zero-order valence-electron chi connectivity index (χ0n) is 12.8. The first kappa shape index (κ1) is 18.7. The summed E-state index contributed by atoms with van der Waals surface area (Å²) in [5.74, 6) is 0. The van der Waals surface area contributed by atoms with Gasteiger partial charge in [0.05, 0.1) is 0 Å². The van der Waals surface area contributed by atoms with E-state index in [0.717, 1.165) is 13.0 Å². The van der Waals surface area contributed by atoms with Crippen LogP contribution in [0.1, 0.15) is 60.3 Å². The van der Waals surface area contributed by atoms with Crippen LogP contribution in [0, 0.1) is 0 Å². The van der Waals surface area contributed by atoms with Crippen molar-refractivity contribution in [1.82, 2.24) is 4.90 Å². The second kappa shape index (κ2) is 15.4. The quantitative estimate of drug-likeness (QED) is 0.450. The van der Waals surface area contributed by atoms with Gasteiger partial charge in [0.15, 0.2) is 0 Å². The Labute approximate surface area is 109 Å². The van der Waals surface area contributed by atoms with Gasteiger partial charge in [-0.15, -0.1) is 0 Å². The van der Waals surface area contributed by atoms with Crippen molar-refractivity contribution >= 4 is 5.71 Å². The zero-order chi connectivity index (χ0) is 13.5. The molecule has 2 nitrogen and oxygen atoms in total. The average Bonchev–Trinajstić information content (AvgIpc) is 2.36. The van der Waals surface area contributed by atoms with Crippen LogP contribution in [0.3, 0.4) is 0 Å². The maximum Gasteiger partial charge on any atom is 0.0224 e. The van der Waals surface area contributed by atoms with Crippen LogP contribution in [0.2, 0.25) is 0 Å². The molecule has 0 atom stereocenters. The van der Waals surface area contributed by atoms with Crippen LogP contribution < -0.4 is 0 Å². The van der Waals surface area contributed by atoms with Crippen molar-refractivity contribution in [1.29, 1.82) is 0 Å². The third kappa shape index (κ3) is 15.4. The third-order valence-electron chi connectivity index (χ3n) is 2.44. The first-order chi connectivity index (χ1) is 8.20. The Morgan fingerprint density at radius 2 is 1.82 bits per heavy atom. The molecule has 0 aromatic carbocycles. The molecule has 0 amide bonds. The summed E-state index contributed by atoms with van der Waals surface area (Å²) >= 11 is 0. The van der Waals surface area contributed by atoms with Gasteiger partial charge in [-0.25, -0.2) is 0 Å². The van der Waals surface area contributed by atoms with Crippen molar-refractivity contribution < 1.29 is 0 Å². The number of hydrogen-bond donors (Lipinski definition) is 0. The average molecular weight is 240 g/mol. The predicted molar refractivity (Wildman–Crippen MR) is 80.9 cm³/mol. The van der Waals surface area contributed by atoms with E-state index in [1.165, 1.54) is 31.5 Å². The molecule has 0 saturated carbocycles. The van der Waals surface area contributed by atoms with Crippen LogP contribution in [-0.2, 0) is 0 Å². The van der Waals surface area contributed by atoms with Crippen LogP contribution in [0.5, 0.6) is 0 Å². The van der Waals surface area contributed by atoms with E-state index in [-0.39, 0.29) is 0 Å². The summed E-state index contributed by atoms with van der Waals surface area (Å²) in [6.07, 6.45) is 8.87. The first-order valence-electron chi connectivity index (χ1n) is 7.03. The van der Waals surface area contributed by atoms with Crippen molar-refractivity contribution in [2.45, 2.75) is 60.3 Å². The smallest absolute Gasteiger partial charge is 0.0224 e. The highest BCUT2D eigenvalue weighted by Gasteiger charge is 1.98. The minimum atomic E-state index is 1.08. The minimum Gasteiger partial charge on any atom is -0.306 e. The molecular formula is C15H32N2. The summed E-state index contributed by atoms with van der Waals surface area (Å²) in [4.78, 5) is 6.71. The molecule has 0 spiro atoms. The fourth-order valence-electron chi connectivity index (χ4n) is 1.36. The normalized spacial score (nSPS) is 11.8. The number of rotatable bonds is 8. The summed E-state index contributed by atoms with van der Waals surface area (Å²) in [6, 6.07) is 0. The van der Waals surface area contributed by atoms with Crippen molar-refractivity contribution in [3.8, 4) is 0 Å². The summed E-state index contributed by atoms with van der Waals surface area (Å²) < 4.78 is 0. The van der Waals surface area contributed by atoms with Gasteiger partial charge in [0.2, 0.25) is 0 Å². The molecule has 0 aromatic rings. The van der Waals surface area contributed by atoms with Gasteiger partial charge >= 0.3 is 0 Å². The van der Waals surface area contributed by atoms with Gasteiger partial charge in [0.1, 0.15) is 0 Å². The van der Waals surface area contributed by atoms with E-state index in [0.29, 0.717) is 0 Å². The number of unbranched alkanes of at least 4 members (excludes halogenated alkanes) is 2. The highest BCUT2D eigenvalue weighted by Crippen LogP contribution is 1.98. The molecule has 0 heterocycles. The second-order valence-electron chi connectivity index (χ2n) is 4.11. The highest BCUT2D eigenvalue weighted by molar-refractivity contribution is 5.82. The summed E-state index contributed by atoms with van der Waals surface area (Å²) in [7, 11) is 2.19. The van der Waals surface area contributed by atoms with Gasteiger partial charge < -0.3 is 4.90 Å². The summed E-state index contributed by atoms with van der Waals surface area (Å²) in [5.41, 5.74) is 1.22. The molecule has 0 N–H and O–H groups in total. The van der Waals surface area contributed by atoms with Gasteiger partial charge in [-0.3, -0.25) is 4.99 Å². The van der Waals surface area contributed by atoms with E-state index in [4.69, 9.17) is 0 Å². The van der Waals surface area contributed by atoms with Crippen LogP contribution in [-0.4, -0.2) is 30.7 Å². The standard InChI is InChI=1S/C13H26N2.C2H6/c1-5-7-8-11-15(4)12-9-13(3)14-10-6-2;1-2/h6,10H,5,7-9,11-12H2,1-4H3;1-2H3/b10-6-,14-13?;. The molecule has 0 saturated heterocycles. The molecule has 17 heavy (non-hydrogen) atoms. The lowest BCUT2D eigenvalue weighted by atomic mass is 10.2. The Hall–Kier alpha value is -0.630. The second-order valence-corrected chi connectivity index (χ2v) is 4.11. The Morgan fingerprint density at radius 3 is 2.35 bits per heavy atom. The molecule has 0 rings (SSSR count). The molecule has 102 valence electrons. The number of aliphatic imine (C=N–C) groups is 1. The Morgan fingerprint density at radius 1 is 1.18 bits per heavy atom. The lowest BCUT2D eigenvalue weighted by Crippen LogP contribution is -2.22.